The maximum absolute atomic E-state index is 13.3. The molecule has 0 unspecified atom stereocenters. The lowest BCUT2D eigenvalue weighted by Gasteiger charge is -2.40. The van der Waals surface area contributed by atoms with Crippen molar-refractivity contribution in [2.75, 3.05) is 0 Å². The van der Waals surface area contributed by atoms with Gasteiger partial charge in [-0.05, 0) is 60.8 Å². The van der Waals surface area contributed by atoms with Crippen molar-refractivity contribution in [1.82, 2.24) is 0 Å². The number of allylic oxidation sites excluding steroid dienone is 2. The Kier molecular flexibility index (Phi) is 3.61. The molecule has 1 aromatic carbocycles. The van der Waals surface area contributed by atoms with Gasteiger partial charge in [-0.2, -0.15) is 0 Å². The fourth-order valence-corrected chi connectivity index (χ4v) is 5.48. The zero-order chi connectivity index (χ0) is 18.0. The first-order chi connectivity index (χ1) is 11.7. The molecule has 3 fully saturated rings. The predicted molar refractivity (Wildman–Crippen MR) is 99.7 cm³/mol. The molecule has 0 aliphatic heterocycles. The molecule has 0 N–H and O–H groups in total. The quantitative estimate of drug-likeness (QED) is 0.690. The lowest BCUT2D eigenvalue weighted by Crippen LogP contribution is -2.42. The van der Waals surface area contributed by atoms with E-state index in [0.29, 0.717) is 5.02 Å². The smallest absolute Gasteiger partial charge is 0.166 e. The maximum Gasteiger partial charge on any atom is 0.166 e. The molecule has 0 aromatic heterocycles. The van der Waals surface area contributed by atoms with Crippen LogP contribution in [0, 0.1) is 16.7 Å². The third kappa shape index (κ3) is 2.10. The van der Waals surface area contributed by atoms with Gasteiger partial charge in [0.1, 0.15) is 0 Å². The van der Waals surface area contributed by atoms with Crippen molar-refractivity contribution in [2.24, 2.45) is 16.7 Å². The Morgan fingerprint density at radius 3 is 2.24 bits per heavy atom. The second-order valence-corrected chi connectivity index (χ2v) is 9.32. The van der Waals surface area contributed by atoms with Gasteiger partial charge in [0.2, 0.25) is 0 Å². The first-order valence-electron chi connectivity index (χ1n) is 9.29. The number of hydrogen-bond donors (Lipinski definition) is 0. The molecule has 2 atom stereocenters. The number of halogens is 1. The molecule has 3 saturated carbocycles. The predicted octanol–water partition coefficient (Wildman–Crippen LogP) is 5.28. The number of carbonyl (C=O) groups excluding carboxylic acids is 2. The minimum atomic E-state index is -0.454. The minimum Gasteiger partial charge on any atom is -0.294 e. The highest BCUT2D eigenvalue weighted by Gasteiger charge is 2.64. The molecular formula is C22H25ClO2. The highest BCUT2D eigenvalue weighted by molar-refractivity contribution is 6.30. The lowest BCUT2D eigenvalue weighted by molar-refractivity contribution is -0.126. The molecule has 25 heavy (non-hydrogen) atoms. The Bertz CT molecular complexity index is 783. The van der Waals surface area contributed by atoms with Gasteiger partial charge in [-0.15, -0.1) is 0 Å². The van der Waals surface area contributed by atoms with Crippen molar-refractivity contribution < 1.29 is 9.59 Å². The van der Waals surface area contributed by atoms with Crippen LogP contribution in [0.5, 0.6) is 0 Å². The van der Waals surface area contributed by atoms with Gasteiger partial charge in [-0.1, -0.05) is 50.9 Å². The number of Topliss-reactive ketones (excluding diaryl/α,β-unsaturated/α-hetero) is 1. The Morgan fingerprint density at radius 1 is 1.12 bits per heavy atom. The van der Waals surface area contributed by atoms with Crippen LogP contribution in [-0.4, -0.2) is 11.6 Å². The fraction of sp³-hybridized carbons (Fsp3) is 0.545. The molecule has 2 nitrogen and oxygen atoms in total. The molecule has 3 aliphatic carbocycles. The number of benzene rings is 1. The number of ketones is 2. The maximum atomic E-state index is 13.3. The highest BCUT2D eigenvalue weighted by Crippen LogP contribution is 2.65. The first kappa shape index (κ1) is 17.0. The van der Waals surface area contributed by atoms with E-state index in [0.717, 1.165) is 43.2 Å². The molecule has 3 heteroatoms. The van der Waals surface area contributed by atoms with Crippen LogP contribution in [0.1, 0.15) is 58.4 Å². The molecule has 3 aliphatic rings. The van der Waals surface area contributed by atoms with E-state index in [9.17, 15) is 9.59 Å². The Balaban J connectivity index is 1.71. The average molecular weight is 357 g/mol. The number of rotatable bonds is 3. The van der Waals surface area contributed by atoms with E-state index in [4.69, 9.17) is 11.6 Å². The van der Waals surface area contributed by atoms with Gasteiger partial charge in [0.25, 0.3) is 0 Å². The van der Waals surface area contributed by atoms with Gasteiger partial charge in [-0.3, -0.25) is 9.59 Å². The summed E-state index contributed by atoms with van der Waals surface area (Å²) in [7, 11) is 0. The summed E-state index contributed by atoms with van der Waals surface area (Å²) in [4.78, 5) is 26.3. The summed E-state index contributed by atoms with van der Waals surface area (Å²) >= 11 is 6.01. The number of hydrogen-bond acceptors (Lipinski definition) is 2. The number of carbonyl (C=O) groups is 2. The summed E-state index contributed by atoms with van der Waals surface area (Å²) in [6, 6.07) is 7.63. The van der Waals surface area contributed by atoms with Crippen molar-refractivity contribution in [3.05, 3.63) is 46.5 Å². The van der Waals surface area contributed by atoms with E-state index in [2.05, 4.69) is 20.8 Å². The van der Waals surface area contributed by atoms with Gasteiger partial charge in [0, 0.05) is 16.0 Å². The Hall–Kier alpha value is -1.41. The molecule has 0 spiro atoms. The largest absolute Gasteiger partial charge is 0.294 e. The van der Waals surface area contributed by atoms with Crippen LogP contribution in [0.4, 0.5) is 0 Å². The normalized spacial score (nSPS) is 33.5. The van der Waals surface area contributed by atoms with Gasteiger partial charge < -0.3 is 0 Å². The van der Waals surface area contributed by atoms with Crippen molar-refractivity contribution >= 4 is 23.2 Å². The van der Waals surface area contributed by atoms with E-state index in [1.165, 1.54) is 0 Å². The SMILES string of the molecule is CC1(C)[C@H]2CC[C@]1(C)C(=O)/C2=C/C(=O)C1(c2ccc(Cl)cc2)CCC1. The minimum absolute atomic E-state index is 0.0523. The van der Waals surface area contributed by atoms with E-state index >= 15 is 0 Å². The summed E-state index contributed by atoms with van der Waals surface area (Å²) in [6.45, 7) is 6.46. The Morgan fingerprint density at radius 2 is 1.76 bits per heavy atom. The van der Waals surface area contributed by atoms with Crippen LogP contribution < -0.4 is 0 Å². The summed E-state index contributed by atoms with van der Waals surface area (Å²) < 4.78 is 0. The molecule has 0 amide bonds. The zero-order valence-electron chi connectivity index (χ0n) is 15.2. The number of fused-ring (bicyclic) bond motifs is 2. The topological polar surface area (TPSA) is 34.1 Å². The van der Waals surface area contributed by atoms with E-state index < -0.39 is 5.41 Å². The van der Waals surface area contributed by atoms with Crippen molar-refractivity contribution in [1.29, 1.82) is 0 Å². The lowest BCUT2D eigenvalue weighted by atomic mass is 9.61. The van der Waals surface area contributed by atoms with Crippen LogP contribution in [0.3, 0.4) is 0 Å². The van der Waals surface area contributed by atoms with Crippen molar-refractivity contribution in [3.63, 3.8) is 0 Å². The monoisotopic (exact) mass is 356 g/mol. The second kappa shape index (κ2) is 5.30. The van der Waals surface area contributed by atoms with Crippen molar-refractivity contribution in [3.8, 4) is 0 Å². The van der Waals surface area contributed by atoms with Crippen LogP contribution in [-0.2, 0) is 15.0 Å². The van der Waals surface area contributed by atoms with Crippen LogP contribution >= 0.6 is 11.6 Å². The third-order valence-corrected chi connectivity index (χ3v) is 7.98. The molecule has 2 bridgehead atoms. The highest BCUT2D eigenvalue weighted by atomic mass is 35.5. The summed E-state index contributed by atoms with van der Waals surface area (Å²) in [5.74, 6) is 0.528. The zero-order valence-corrected chi connectivity index (χ0v) is 16.0. The van der Waals surface area contributed by atoms with E-state index in [-0.39, 0.29) is 28.3 Å². The Labute approximate surface area is 154 Å². The first-order valence-corrected chi connectivity index (χ1v) is 9.67. The molecule has 0 radical (unpaired) electrons. The molecule has 1 aromatic rings. The van der Waals surface area contributed by atoms with Crippen LogP contribution in [0.15, 0.2) is 35.9 Å². The second-order valence-electron chi connectivity index (χ2n) is 8.88. The molecule has 132 valence electrons. The fourth-order valence-electron chi connectivity index (χ4n) is 5.35. The van der Waals surface area contributed by atoms with Crippen molar-refractivity contribution in [2.45, 2.75) is 58.3 Å². The van der Waals surface area contributed by atoms with Gasteiger partial charge in [0.15, 0.2) is 11.6 Å². The van der Waals surface area contributed by atoms with Crippen LogP contribution in [0.25, 0.3) is 0 Å². The molecule has 4 rings (SSSR count). The summed E-state index contributed by atoms with van der Waals surface area (Å²) in [5, 5.41) is 0.682. The summed E-state index contributed by atoms with van der Waals surface area (Å²) in [6.07, 6.45) is 6.44. The molecule has 0 heterocycles. The van der Waals surface area contributed by atoms with Crippen LogP contribution in [0.2, 0.25) is 5.02 Å². The summed E-state index contributed by atoms with van der Waals surface area (Å²) in [5.41, 5.74) is 1.00. The van der Waals surface area contributed by atoms with Gasteiger partial charge >= 0.3 is 0 Å². The van der Waals surface area contributed by atoms with E-state index in [1.807, 2.05) is 24.3 Å². The molecule has 0 saturated heterocycles. The van der Waals surface area contributed by atoms with Gasteiger partial charge in [-0.25, -0.2) is 0 Å². The van der Waals surface area contributed by atoms with Gasteiger partial charge in [0.05, 0.1) is 5.41 Å². The average Bonchev–Trinajstić information content (AvgIpc) is 2.82. The van der Waals surface area contributed by atoms with E-state index in [1.54, 1.807) is 6.08 Å². The third-order valence-electron chi connectivity index (χ3n) is 7.73. The molecular weight excluding hydrogens is 332 g/mol. The standard InChI is InChI=1S/C22H25ClO2/c1-20(2)17-9-12-21(20,3)19(25)16(17)13-18(24)22(10-4-11-22)14-5-7-15(23)8-6-14/h5-8,13,17H,4,9-12H2,1-3H3/b16-13+/t17-,21+/m0/s1.